The molecule has 0 aromatic carbocycles. The van der Waals surface area contributed by atoms with E-state index in [4.69, 9.17) is 5.11 Å². The Morgan fingerprint density at radius 2 is 2.42 bits per heavy atom. The van der Waals surface area contributed by atoms with Gasteiger partial charge in [-0.2, -0.15) is 0 Å². The summed E-state index contributed by atoms with van der Waals surface area (Å²) in [5, 5.41) is 11.1. The van der Waals surface area contributed by atoms with Gasteiger partial charge in [0, 0.05) is 19.4 Å². The van der Waals surface area contributed by atoms with Crippen LogP contribution in [-0.4, -0.2) is 23.5 Å². The zero-order valence-corrected chi connectivity index (χ0v) is 6.88. The lowest BCUT2D eigenvalue weighted by molar-refractivity contribution is -0.137. The minimum atomic E-state index is -0.757. The highest BCUT2D eigenvalue weighted by atomic mass is 16.4. The van der Waals surface area contributed by atoms with Gasteiger partial charge in [-0.15, -0.1) is 0 Å². The molecule has 1 aliphatic heterocycles. The van der Waals surface area contributed by atoms with Gasteiger partial charge in [0.05, 0.1) is 0 Å². The number of piperidine rings is 1. The van der Waals surface area contributed by atoms with Gasteiger partial charge in [-0.25, -0.2) is 0 Å². The van der Waals surface area contributed by atoms with Crippen LogP contribution in [0.2, 0.25) is 0 Å². The maximum Gasteiger partial charge on any atom is 0.303 e. The summed E-state index contributed by atoms with van der Waals surface area (Å²) in [5.74, 6) is -0.313. The number of aliphatic carboxylic acids is 1. The van der Waals surface area contributed by atoms with E-state index in [0.717, 1.165) is 6.42 Å². The molecule has 1 amide bonds. The minimum Gasteiger partial charge on any atom is -0.481 e. The fourth-order valence-electron chi connectivity index (χ4n) is 1.36. The van der Waals surface area contributed by atoms with Crippen molar-refractivity contribution in [1.82, 2.24) is 5.32 Å². The third-order valence-corrected chi connectivity index (χ3v) is 2.13. The second-order valence-corrected chi connectivity index (χ2v) is 3.14. The summed E-state index contributed by atoms with van der Waals surface area (Å²) in [6.07, 6.45) is 2.26. The van der Waals surface area contributed by atoms with Gasteiger partial charge in [0.15, 0.2) is 0 Å². The van der Waals surface area contributed by atoms with E-state index in [0.29, 0.717) is 25.3 Å². The monoisotopic (exact) mass is 171 g/mol. The number of hydrogen-bond donors (Lipinski definition) is 2. The van der Waals surface area contributed by atoms with Gasteiger partial charge in [-0.05, 0) is 18.8 Å². The van der Waals surface area contributed by atoms with Crippen LogP contribution >= 0.6 is 0 Å². The number of amides is 1. The molecule has 0 saturated carbocycles. The molecule has 1 saturated heterocycles. The Kier molecular flexibility index (Phi) is 3.08. The van der Waals surface area contributed by atoms with E-state index < -0.39 is 5.97 Å². The van der Waals surface area contributed by atoms with Crippen molar-refractivity contribution in [3.8, 4) is 0 Å². The summed E-state index contributed by atoms with van der Waals surface area (Å²) >= 11 is 0. The molecule has 1 heterocycles. The molecular formula is C8H13NO3. The highest BCUT2D eigenvalue weighted by Gasteiger charge is 2.18. The van der Waals surface area contributed by atoms with Crippen LogP contribution in [-0.2, 0) is 9.59 Å². The van der Waals surface area contributed by atoms with Gasteiger partial charge in [0.2, 0.25) is 5.91 Å². The van der Waals surface area contributed by atoms with E-state index in [1.54, 1.807) is 0 Å². The molecule has 0 aromatic heterocycles. The molecule has 68 valence electrons. The molecule has 0 spiro atoms. The Bertz CT molecular complexity index is 181. The smallest absolute Gasteiger partial charge is 0.303 e. The van der Waals surface area contributed by atoms with Crippen LogP contribution in [0.1, 0.15) is 25.7 Å². The summed E-state index contributed by atoms with van der Waals surface area (Å²) in [7, 11) is 0. The van der Waals surface area contributed by atoms with Crippen molar-refractivity contribution in [3.63, 3.8) is 0 Å². The topological polar surface area (TPSA) is 66.4 Å². The average molecular weight is 171 g/mol. The van der Waals surface area contributed by atoms with Gasteiger partial charge in [0.1, 0.15) is 0 Å². The normalized spacial score (nSPS) is 23.3. The standard InChI is InChI=1S/C8H13NO3/c10-7-3-1-6(5-9-7)2-4-8(11)12/h6H,1-5H2,(H,9,10)(H,11,12). The van der Waals surface area contributed by atoms with Crippen LogP contribution in [0.25, 0.3) is 0 Å². The Balaban J connectivity index is 2.17. The van der Waals surface area contributed by atoms with E-state index >= 15 is 0 Å². The van der Waals surface area contributed by atoms with E-state index in [-0.39, 0.29) is 12.3 Å². The second-order valence-electron chi connectivity index (χ2n) is 3.14. The lowest BCUT2D eigenvalue weighted by Gasteiger charge is -2.21. The number of hydrogen-bond acceptors (Lipinski definition) is 2. The van der Waals surface area contributed by atoms with Crippen LogP contribution in [0.3, 0.4) is 0 Å². The molecule has 1 unspecified atom stereocenters. The van der Waals surface area contributed by atoms with Gasteiger partial charge in [-0.1, -0.05) is 0 Å². The third-order valence-electron chi connectivity index (χ3n) is 2.13. The Morgan fingerprint density at radius 1 is 1.67 bits per heavy atom. The summed E-state index contributed by atoms with van der Waals surface area (Å²) < 4.78 is 0. The van der Waals surface area contributed by atoms with Crippen molar-refractivity contribution < 1.29 is 14.7 Å². The average Bonchev–Trinajstić information content (AvgIpc) is 2.03. The van der Waals surface area contributed by atoms with Gasteiger partial charge in [0.25, 0.3) is 0 Å². The van der Waals surface area contributed by atoms with E-state index in [9.17, 15) is 9.59 Å². The summed E-state index contributed by atoms with van der Waals surface area (Å²) in [5.41, 5.74) is 0. The lowest BCUT2D eigenvalue weighted by Crippen LogP contribution is -2.34. The number of carboxylic acids is 1. The summed E-state index contributed by atoms with van der Waals surface area (Å²) in [6, 6.07) is 0. The first-order valence-electron chi connectivity index (χ1n) is 4.17. The summed E-state index contributed by atoms with van der Waals surface area (Å²) in [4.78, 5) is 20.9. The molecule has 1 rings (SSSR count). The molecule has 0 bridgehead atoms. The minimum absolute atomic E-state index is 0.0848. The molecule has 4 heteroatoms. The maximum atomic E-state index is 10.7. The number of carbonyl (C=O) groups excluding carboxylic acids is 1. The van der Waals surface area contributed by atoms with Crippen molar-refractivity contribution >= 4 is 11.9 Å². The first-order valence-corrected chi connectivity index (χ1v) is 4.17. The van der Waals surface area contributed by atoms with E-state index in [2.05, 4.69) is 5.32 Å². The van der Waals surface area contributed by atoms with Gasteiger partial charge < -0.3 is 10.4 Å². The molecule has 0 aliphatic carbocycles. The fraction of sp³-hybridized carbons (Fsp3) is 0.750. The van der Waals surface area contributed by atoms with Crippen molar-refractivity contribution in [2.24, 2.45) is 5.92 Å². The molecule has 1 fully saturated rings. The number of carboxylic acid groups (broad SMARTS) is 1. The molecule has 12 heavy (non-hydrogen) atoms. The van der Waals surface area contributed by atoms with Crippen molar-refractivity contribution in [2.75, 3.05) is 6.54 Å². The number of carbonyl (C=O) groups is 2. The first kappa shape index (κ1) is 9.03. The van der Waals surface area contributed by atoms with E-state index in [1.807, 2.05) is 0 Å². The highest BCUT2D eigenvalue weighted by Crippen LogP contribution is 2.15. The fourth-order valence-corrected chi connectivity index (χ4v) is 1.36. The molecule has 2 N–H and O–H groups in total. The quantitative estimate of drug-likeness (QED) is 0.645. The Labute approximate surface area is 71.0 Å². The third kappa shape index (κ3) is 2.90. The number of nitrogens with one attached hydrogen (secondary N) is 1. The van der Waals surface area contributed by atoms with Crippen molar-refractivity contribution in [2.45, 2.75) is 25.7 Å². The molecular weight excluding hydrogens is 158 g/mol. The van der Waals surface area contributed by atoms with Crippen LogP contribution in [0, 0.1) is 5.92 Å². The summed E-state index contributed by atoms with van der Waals surface area (Å²) in [6.45, 7) is 0.645. The van der Waals surface area contributed by atoms with Crippen LogP contribution in [0.5, 0.6) is 0 Å². The predicted molar refractivity (Wildman–Crippen MR) is 42.6 cm³/mol. The molecule has 1 atom stereocenters. The number of rotatable bonds is 3. The van der Waals surface area contributed by atoms with Gasteiger partial charge in [-0.3, -0.25) is 9.59 Å². The van der Waals surface area contributed by atoms with Crippen molar-refractivity contribution in [3.05, 3.63) is 0 Å². The van der Waals surface area contributed by atoms with Crippen LogP contribution < -0.4 is 5.32 Å². The van der Waals surface area contributed by atoms with Crippen LogP contribution in [0.15, 0.2) is 0 Å². The Morgan fingerprint density at radius 3 is 2.92 bits per heavy atom. The van der Waals surface area contributed by atoms with Crippen molar-refractivity contribution in [1.29, 1.82) is 0 Å². The van der Waals surface area contributed by atoms with Gasteiger partial charge >= 0.3 is 5.97 Å². The first-order chi connectivity index (χ1) is 5.68. The maximum absolute atomic E-state index is 10.7. The van der Waals surface area contributed by atoms with Crippen LogP contribution in [0.4, 0.5) is 0 Å². The molecule has 0 radical (unpaired) electrons. The largest absolute Gasteiger partial charge is 0.481 e. The zero-order valence-electron chi connectivity index (χ0n) is 6.88. The zero-order chi connectivity index (χ0) is 8.97. The highest BCUT2D eigenvalue weighted by molar-refractivity contribution is 5.76. The molecule has 1 aliphatic rings. The Hall–Kier alpha value is -1.06. The predicted octanol–water partition coefficient (Wildman–Crippen LogP) is 0.377. The lowest BCUT2D eigenvalue weighted by atomic mass is 9.94. The molecule has 0 aromatic rings. The SMILES string of the molecule is O=C(O)CCC1CCC(=O)NC1. The second kappa shape index (κ2) is 4.09. The van der Waals surface area contributed by atoms with E-state index in [1.165, 1.54) is 0 Å². The molecule has 4 nitrogen and oxygen atoms in total.